The van der Waals surface area contributed by atoms with E-state index in [1.54, 1.807) is 42.5 Å². The molecule has 2 amide bonds. The molecule has 1 aliphatic heterocycles. The minimum atomic E-state index is -0.328. The summed E-state index contributed by atoms with van der Waals surface area (Å²) in [6.45, 7) is 3.60. The fraction of sp³-hybridized carbons (Fsp3) is 0.148. The summed E-state index contributed by atoms with van der Waals surface area (Å²) in [4.78, 5) is 27.5. The van der Waals surface area contributed by atoms with Gasteiger partial charge in [0.1, 0.15) is 0 Å². The largest absolute Gasteiger partial charge is 0.493 e. The quantitative estimate of drug-likeness (QED) is 0.278. The zero-order valence-corrected chi connectivity index (χ0v) is 22.2. The number of hydrogen-bond donors (Lipinski definition) is 1. The fourth-order valence-electron chi connectivity index (χ4n) is 3.50. The Morgan fingerprint density at radius 1 is 1.11 bits per heavy atom. The van der Waals surface area contributed by atoms with Gasteiger partial charge in [0.2, 0.25) is 0 Å². The van der Waals surface area contributed by atoms with Gasteiger partial charge in [-0.25, -0.2) is 0 Å². The molecule has 3 aromatic carbocycles. The first-order valence-corrected chi connectivity index (χ1v) is 12.6. The van der Waals surface area contributed by atoms with Gasteiger partial charge >= 0.3 is 0 Å². The molecule has 1 fully saturated rings. The van der Waals surface area contributed by atoms with Crippen molar-refractivity contribution in [3.8, 4) is 11.5 Å². The average Bonchev–Trinajstić information content (AvgIpc) is 3.14. The lowest BCUT2D eigenvalue weighted by molar-refractivity contribution is -0.118. The molecule has 0 aromatic heterocycles. The lowest BCUT2D eigenvalue weighted by atomic mass is 10.1. The first-order chi connectivity index (χ1) is 17.3. The molecule has 1 N–H and O–H groups in total. The molecule has 4 rings (SSSR count). The van der Waals surface area contributed by atoms with Crippen molar-refractivity contribution in [1.82, 2.24) is 0 Å². The van der Waals surface area contributed by atoms with Crippen LogP contribution in [0.5, 0.6) is 11.5 Å². The predicted octanol–water partition coefficient (Wildman–Crippen LogP) is 6.39. The van der Waals surface area contributed by atoms with E-state index in [9.17, 15) is 9.59 Å². The number of carbonyl (C=O) groups excluding carboxylic acids is 2. The molecule has 0 aliphatic carbocycles. The van der Waals surface area contributed by atoms with E-state index < -0.39 is 0 Å². The normalized spacial score (nSPS) is 14.3. The third kappa shape index (κ3) is 5.73. The van der Waals surface area contributed by atoms with Gasteiger partial charge in [-0.2, -0.15) is 0 Å². The van der Waals surface area contributed by atoms with E-state index in [0.717, 1.165) is 22.4 Å². The number of thiocarbonyl (C=S) groups is 1. The van der Waals surface area contributed by atoms with Crippen molar-refractivity contribution in [1.29, 1.82) is 0 Å². The van der Waals surface area contributed by atoms with E-state index in [4.69, 9.17) is 33.3 Å². The van der Waals surface area contributed by atoms with Crippen molar-refractivity contribution in [3.05, 3.63) is 87.3 Å². The second kappa shape index (κ2) is 11.2. The molecule has 0 radical (unpaired) electrons. The molecule has 36 heavy (non-hydrogen) atoms. The Balaban J connectivity index is 1.45. The zero-order chi connectivity index (χ0) is 25.8. The van der Waals surface area contributed by atoms with E-state index in [1.165, 1.54) is 23.8 Å². The highest BCUT2D eigenvalue weighted by atomic mass is 35.5. The van der Waals surface area contributed by atoms with Crippen molar-refractivity contribution in [3.63, 3.8) is 0 Å². The summed E-state index contributed by atoms with van der Waals surface area (Å²) in [6, 6.07) is 18.2. The first kappa shape index (κ1) is 25.8. The van der Waals surface area contributed by atoms with Crippen molar-refractivity contribution < 1.29 is 19.1 Å². The second-order valence-corrected chi connectivity index (χ2v) is 10.1. The molecular weight excluding hydrogens is 516 g/mol. The second-order valence-electron chi connectivity index (χ2n) is 8.01. The highest BCUT2D eigenvalue weighted by molar-refractivity contribution is 8.27. The van der Waals surface area contributed by atoms with Gasteiger partial charge in [0.05, 0.1) is 17.7 Å². The number of anilines is 2. The monoisotopic (exact) mass is 538 g/mol. The molecular formula is C27H23ClN2O4S2. The topological polar surface area (TPSA) is 67.9 Å². The van der Waals surface area contributed by atoms with Crippen LogP contribution in [-0.4, -0.2) is 29.9 Å². The molecule has 0 spiro atoms. The van der Waals surface area contributed by atoms with Crippen molar-refractivity contribution >= 4 is 69.2 Å². The number of rotatable bonds is 7. The lowest BCUT2D eigenvalue weighted by Crippen LogP contribution is -2.27. The number of amides is 2. The average molecular weight is 539 g/mol. The number of methoxy groups -OCH3 is 1. The zero-order valence-electron chi connectivity index (χ0n) is 19.8. The van der Waals surface area contributed by atoms with E-state index in [0.29, 0.717) is 31.4 Å². The SMILES string of the molecule is COc1cc(/C=C2\SC(=S)N(c3ccc(C)cc3)C2=O)ccc1OCC(=O)Nc1cccc(Cl)c1C. The number of nitrogens with one attached hydrogen (secondary N) is 1. The lowest BCUT2D eigenvalue weighted by Gasteiger charge is -2.14. The summed E-state index contributed by atoms with van der Waals surface area (Å²) < 4.78 is 11.6. The van der Waals surface area contributed by atoms with Gasteiger partial charge in [0.15, 0.2) is 22.4 Å². The van der Waals surface area contributed by atoms with Gasteiger partial charge < -0.3 is 14.8 Å². The maximum Gasteiger partial charge on any atom is 0.270 e. The van der Waals surface area contributed by atoms with Gasteiger partial charge in [-0.15, -0.1) is 0 Å². The van der Waals surface area contributed by atoms with Gasteiger partial charge in [-0.05, 0) is 67.4 Å². The third-order valence-corrected chi connectivity index (χ3v) is 7.18. The Labute approximate surface area is 224 Å². The molecule has 0 bridgehead atoms. The Morgan fingerprint density at radius 2 is 1.86 bits per heavy atom. The van der Waals surface area contributed by atoms with Crippen molar-refractivity contribution in [2.24, 2.45) is 0 Å². The smallest absolute Gasteiger partial charge is 0.270 e. The fourth-order valence-corrected chi connectivity index (χ4v) is 4.97. The number of halogens is 1. The molecule has 0 unspecified atom stereocenters. The highest BCUT2D eigenvalue weighted by Crippen LogP contribution is 2.37. The molecule has 1 saturated heterocycles. The number of aryl methyl sites for hydroxylation is 1. The van der Waals surface area contributed by atoms with Crippen LogP contribution in [0.3, 0.4) is 0 Å². The van der Waals surface area contributed by atoms with Crippen LogP contribution < -0.4 is 19.7 Å². The molecule has 1 heterocycles. The molecule has 6 nitrogen and oxygen atoms in total. The van der Waals surface area contributed by atoms with Gasteiger partial charge in [0.25, 0.3) is 11.8 Å². The van der Waals surface area contributed by atoms with Gasteiger partial charge in [-0.1, -0.05) is 65.4 Å². The van der Waals surface area contributed by atoms with Gasteiger partial charge in [-0.3, -0.25) is 14.5 Å². The summed E-state index contributed by atoms with van der Waals surface area (Å²) in [5.74, 6) is 0.330. The molecule has 0 saturated carbocycles. The van der Waals surface area contributed by atoms with Crippen LogP contribution in [-0.2, 0) is 9.59 Å². The molecule has 0 atom stereocenters. The van der Waals surface area contributed by atoms with Crippen LogP contribution in [0.15, 0.2) is 65.6 Å². The van der Waals surface area contributed by atoms with Crippen LogP contribution in [0.4, 0.5) is 11.4 Å². The van der Waals surface area contributed by atoms with Crippen LogP contribution >= 0.6 is 35.6 Å². The number of hydrogen-bond acceptors (Lipinski definition) is 6. The number of benzene rings is 3. The number of carbonyl (C=O) groups is 2. The van der Waals surface area contributed by atoms with E-state index >= 15 is 0 Å². The maximum atomic E-state index is 13.0. The maximum absolute atomic E-state index is 13.0. The highest BCUT2D eigenvalue weighted by Gasteiger charge is 2.33. The number of ether oxygens (including phenoxy) is 2. The predicted molar refractivity (Wildman–Crippen MR) is 150 cm³/mol. The van der Waals surface area contributed by atoms with Crippen molar-refractivity contribution in [2.45, 2.75) is 13.8 Å². The van der Waals surface area contributed by atoms with E-state index in [1.807, 2.05) is 38.1 Å². The van der Waals surface area contributed by atoms with E-state index in [-0.39, 0.29) is 18.4 Å². The molecule has 3 aromatic rings. The van der Waals surface area contributed by atoms with Crippen LogP contribution in [0.2, 0.25) is 5.02 Å². The minimum Gasteiger partial charge on any atom is -0.493 e. The van der Waals surface area contributed by atoms with Crippen molar-refractivity contribution in [2.75, 3.05) is 23.9 Å². The number of thioether (sulfide) groups is 1. The van der Waals surface area contributed by atoms with Crippen LogP contribution in [0, 0.1) is 13.8 Å². The Bertz CT molecular complexity index is 1370. The third-order valence-electron chi connectivity index (χ3n) is 5.47. The summed E-state index contributed by atoms with van der Waals surface area (Å²) in [7, 11) is 1.51. The Kier molecular flexibility index (Phi) is 7.98. The summed E-state index contributed by atoms with van der Waals surface area (Å²) in [5, 5.41) is 3.36. The Morgan fingerprint density at radius 3 is 2.58 bits per heavy atom. The van der Waals surface area contributed by atoms with Gasteiger partial charge in [0, 0.05) is 10.7 Å². The minimum absolute atomic E-state index is 0.180. The molecule has 9 heteroatoms. The standard InChI is InChI=1S/C27H23ClN2O4S2/c1-16-7-10-19(11-8-16)30-26(32)24(36-27(30)35)14-18-9-12-22(23(13-18)33-3)34-15-25(31)29-21-6-4-5-20(28)17(21)2/h4-14H,15H2,1-3H3,(H,29,31)/b24-14-. The first-order valence-electron chi connectivity index (χ1n) is 11.0. The Hall–Kier alpha value is -3.33. The van der Waals surface area contributed by atoms with E-state index in [2.05, 4.69) is 5.32 Å². The van der Waals surface area contributed by atoms with Crippen LogP contribution in [0.1, 0.15) is 16.7 Å². The van der Waals surface area contributed by atoms with Crippen LogP contribution in [0.25, 0.3) is 6.08 Å². The molecule has 184 valence electrons. The molecule has 1 aliphatic rings. The summed E-state index contributed by atoms with van der Waals surface area (Å²) >= 11 is 12.8. The summed E-state index contributed by atoms with van der Waals surface area (Å²) in [5.41, 5.74) is 3.98. The number of nitrogens with zero attached hydrogens (tertiary/aromatic N) is 1. The summed E-state index contributed by atoms with van der Waals surface area (Å²) in [6.07, 6.45) is 1.76.